The average Bonchev–Trinajstić information content (AvgIpc) is 3.05. The third kappa shape index (κ3) is 4.11. The van der Waals surface area contributed by atoms with Crippen LogP contribution in [0.3, 0.4) is 0 Å². The minimum atomic E-state index is -0.124. The van der Waals surface area contributed by atoms with E-state index in [0.29, 0.717) is 44.2 Å². The van der Waals surface area contributed by atoms with Crippen LogP contribution >= 0.6 is 0 Å². The highest BCUT2D eigenvalue weighted by Gasteiger charge is 2.25. The van der Waals surface area contributed by atoms with Crippen molar-refractivity contribution in [3.63, 3.8) is 0 Å². The molecule has 0 atom stereocenters. The molecule has 1 aromatic carbocycles. The van der Waals surface area contributed by atoms with Gasteiger partial charge in [-0.25, -0.2) is 0 Å². The standard InChI is InChI=1S/C19H24N4O3/c1-13-5-4-6-14(2)18(13)20-17(24)12-22-7-9-23(10-8-22)19(25)16-11-15(3)26-21-16/h4-6,11H,7-10,12H2,1-3H3,(H,20,24). The third-order valence-electron chi connectivity index (χ3n) is 4.62. The van der Waals surface area contributed by atoms with E-state index in [0.717, 1.165) is 16.8 Å². The number of carbonyl (C=O) groups excluding carboxylic acids is 2. The number of carbonyl (C=O) groups is 2. The molecule has 1 aliphatic heterocycles. The number of amides is 2. The van der Waals surface area contributed by atoms with Gasteiger partial charge in [-0.2, -0.15) is 0 Å². The van der Waals surface area contributed by atoms with E-state index in [1.165, 1.54) is 0 Å². The molecule has 1 aromatic heterocycles. The second-order valence-corrected chi connectivity index (χ2v) is 6.71. The maximum Gasteiger partial charge on any atom is 0.276 e. The van der Waals surface area contributed by atoms with Crippen LogP contribution in [0.2, 0.25) is 0 Å². The molecule has 1 saturated heterocycles. The minimum absolute atomic E-state index is 0.0331. The molecule has 1 N–H and O–H groups in total. The van der Waals surface area contributed by atoms with Crippen LogP contribution in [0.1, 0.15) is 27.4 Å². The lowest BCUT2D eigenvalue weighted by Gasteiger charge is -2.33. The Morgan fingerprint density at radius 2 is 1.77 bits per heavy atom. The maximum atomic E-state index is 12.4. The molecule has 0 spiro atoms. The summed E-state index contributed by atoms with van der Waals surface area (Å²) in [5.74, 6) is 0.464. The van der Waals surface area contributed by atoms with E-state index in [1.807, 2.05) is 32.0 Å². The number of benzene rings is 1. The first kappa shape index (κ1) is 18.1. The number of rotatable bonds is 4. The second-order valence-electron chi connectivity index (χ2n) is 6.71. The predicted octanol–water partition coefficient (Wildman–Crippen LogP) is 2.00. The van der Waals surface area contributed by atoms with Gasteiger partial charge in [0, 0.05) is 37.9 Å². The molecule has 3 rings (SSSR count). The Morgan fingerprint density at radius 3 is 2.35 bits per heavy atom. The number of hydrogen-bond donors (Lipinski definition) is 1. The van der Waals surface area contributed by atoms with Crippen molar-refractivity contribution in [3.8, 4) is 0 Å². The molecule has 1 aliphatic rings. The van der Waals surface area contributed by atoms with Gasteiger partial charge in [0.2, 0.25) is 5.91 Å². The summed E-state index contributed by atoms with van der Waals surface area (Å²) in [6.45, 7) is 8.50. The summed E-state index contributed by atoms with van der Waals surface area (Å²) in [6.07, 6.45) is 0. The monoisotopic (exact) mass is 356 g/mol. The summed E-state index contributed by atoms with van der Waals surface area (Å²) in [5, 5.41) is 6.78. The molecular weight excluding hydrogens is 332 g/mol. The highest BCUT2D eigenvalue weighted by atomic mass is 16.5. The number of nitrogens with zero attached hydrogens (tertiary/aromatic N) is 3. The van der Waals surface area contributed by atoms with E-state index < -0.39 is 0 Å². The summed E-state index contributed by atoms with van der Waals surface area (Å²) >= 11 is 0. The third-order valence-corrected chi connectivity index (χ3v) is 4.62. The number of aromatic nitrogens is 1. The zero-order chi connectivity index (χ0) is 18.7. The molecular formula is C19H24N4O3. The first-order chi connectivity index (χ1) is 12.4. The molecule has 0 radical (unpaired) electrons. The van der Waals surface area contributed by atoms with Crippen molar-refractivity contribution < 1.29 is 14.1 Å². The Labute approximate surface area is 152 Å². The van der Waals surface area contributed by atoms with Gasteiger partial charge >= 0.3 is 0 Å². The maximum absolute atomic E-state index is 12.4. The van der Waals surface area contributed by atoms with E-state index >= 15 is 0 Å². The SMILES string of the molecule is Cc1cc(C(=O)N2CCN(CC(=O)Nc3c(C)cccc3C)CC2)no1. The lowest BCUT2D eigenvalue weighted by atomic mass is 10.1. The normalized spacial score (nSPS) is 15.1. The van der Waals surface area contributed by atoms with Crippen molar-refractivity contribution in [2.45, 2.75) is 20.8 Å². The van der Waals surface area contributed by atoms with Crippen LogP contribution in [0.5, 0.6) is 0 Å². The Kier molecular flexibility index (Phi) is 5.37. The highest BCUT2D eigenvalue weighted by Crippen LogP contribution is 2.19. The van der Waals surface area contributed by atoms with Gasteiger partial charge in [-0.05, 0) is 31.9 Å². The molecule has 7 heteroatoms. The van der Waals surface area contributed by atoms with Crippen molar-refractivity contribution in [3.05, 3.63) is 46.8 Å². The molecule has 2 heterocycles. The van der Waals surface area contributed by atoms with Crippen molar-refractivity contribution in [2.24, 2.45) is 0 Å². The Bertz CT molecular complexity index is 787. The van der Waals surface area contributed by atoms with Crippen LogP contribution in [-0.4, -0.2) is 59.5 Å². The number of aryl methyl sites for hydroxylation is 3. The van der Waals surface area contributed by atoms with Crippen molar-refractivity contribution in [1.29, 1.82) is 0 Å². The van der Waals surface area contributed by atoms with E-state index in [9.17, 15) is 9.59 Å². The Balaban J connectivity index is 1.51. The number of para-hydroxylation sites is 1. The topological polar surface area (TPSA) is 78.7 Å². The van der Waals surface area contributed by atoms with Gasteiger partial charge in [-0.3, -0.25) is 14.5 Å². The number of piperazine rings is 1. The summed E-state index contributed by atoms with van der Waals surface area (Å²) in [6, 6.07) is 7.59. The molecule has 26 heavy (non-hydrogen) atoms. The van der Waals surface area contributed by atoms with Crippen molar-refractivity contribution >= 4 is 17.5 Å². The van der Waals surface area contributed by atoms with E-state index in [-0.39, 0.29) is 11.8 Å². The Hall–Kier alpha value is -2.67. The first-order valence-corrected chi connectivity index (χ1v) is 8.75. The fourth-order valence-electron chi connectivity index (χ4n) is 3.13. The summed E-state index contributed by atoms with van der Waals surface area (Å²) < 4.78 is 4.97. The fourth-order valence-corrected chi connectivity index (χ4v) is 3.13. The minimum Gasteiger partial charge on any atom is -0.361 e. The second kappa shape index (κ2) is 7.70. The lowest BCUT2D eigenvalue weighted by molar-refractivity contribution is -0.117. The Morgan fingerprint density at radius 1 is 1.12 bits per heavy atom. The van der Waals surface area contributed by atoms with Gasteiger partial charge in [0.15, 0.2) is 5.69 Å². The van der Waals surface area contributed by atoms with Crippen LogP contribution in [0.15, 0.2) is 28.8 Å². The van der Waals surface area contributed by atoms with Gasteiger partial charge in [0.25, 0.3) is 5.91 Å². The van der Waals surface area contributed by atoms with Crippen molar-refractivity contribution in [2.75, 3.05) is 38.0 Å². The lowest BCUT2D eigenvalue weighted by Crippen LogP contribution is -2.50. The van der Waals surface area contributed by atoms with E-state index in [4.69, 9.17) is 4.52 Å². The van der Waals surface area contributed by atoms with Gasteiger partial charge in [-0.1, -0.05) is 23.4 Å². The van der Waals surface area contributed by atoms with Crippen LogP contribution in [0, 0.1) is 20.8 Å². The van der Waals surface area contributed by atoms with Gasteiger partial charge < -0.3 is 14.7 Å². The molecule has 0 unspecified atom stereocenters. The fraction of sp³-hybridized carbons (Fsp3) is 0.421. The summed E-state index contributed by atoms with van der Waals surface area (Å²) in [5.41, 5.74) is 3.32. The summed E-state index contributed by atoms with van der Waals surface area (Å²) in [4.78, 5) is 28.5. The molecule has 0 bridgehead atoms. The average molecular weight is 356 g/mol. The number of nitrogens with one attached hydrogen (secondary N) is 1. The van der Waals surface area contributed by atoms with E-state index in [2.05, 4.69) is 15.4 Å². The molecule has 1 fully saturated rings. The molecule has 138 valence electrons. The quantitative estimate of drug-likeness (QED) is 0.906. The van der Waals surface area contributed by atoms with Gasteiger partial charge in [0.1, 0.15) is 5.76 Å². The smallest absolute Gasteiger partial charge is 0.276 e. The van der Waals surface area contributed by atoms with Crippen molar-refractivity contribution in [1.82, 2.24) is 15.0 Å². The van der Waals surface area contributed by atoms with Crippen LogP contribution in [0.4, 0.5) is 5.69 Å². The van der Waals surface area contributed by atoms with Crippen LogP contribution < -0.4 is 5.32 Å². The summed E-state index contributed by atoms with van der Waals surface area (Å²) in [7, 11) is 0. The van der Waals surface area contributed by atoms with Gasteiger partial charge in [-0.15, -0.1) is 0 Å². The van der Waals surface area contributed by atoms with Crippen LogP contribution in [0.25, 0.3) is 0 Å². The molecule has 7 nitrogen and oxygen atoms in total. The van der Waals surface area contributed by atoms with Crippen LogP contribution in [-0.2, 0) is 4.79 Å². The molecule has 0 saturated carbocycles. The molecule has 2 amide bonds. The van der Waals surface area contributed by atoms with Gasteiger partial charge in [0.05, 0.1) is 6.54 Å². The van der Waals surface area contributed by atoms with E-state index in [1.54, 1.807) is 17.9 Å². The number of anilines is 1. The molecule has 0 aliphatic carbocycles. The number of hydrogen-bond acceptors (Lipinski definition) is 5. The highest BCUT2D eigenvalue weighted by molar-refractivity contribution is 5.94. The molecule has 2 aromatic rings. The predicted molar refractivity (Wildman–Crippen MR) is 98.1 cm³/mol. The largest absolute Gasteiger partial charge is 0.361 e. The zero-order valence-corrected chi connectivity index (χ0v) is 15.4. The zero-order valence-electron chi connectivity index (χ0n) is 15.4. The first-order valence-electron chi connectivity index (χ1n) is 8.75.